The van der Waals surface area contributed by atoms with Gasteiger partial charge in [-0.1, -0.05) is 26.0 Å². The first-order chi connectivity index (χ1) is 8.24. The minimum atomic E-state index is -3.05. The molecule has 102 valence electrons. The van der Waals surface area contributed by atoms with E-state index in [0.717, 1.165) is 18.1 Å². The van der Waals surface area contributed by atoms with Gasteiger partial charge < -0.3 is 4.74 Å². The predicted octanol–water partition coefficient (Wildman–Crippen LogP) is 4.49. The Morgan fingerprint density at radius 2 is 1.89 bits per heavy atom. The van der Waals surface area contributed by atoms with E-state index in [1.165, 1.54) is 0 Å². The smallest absolute Gasteiger partial charge is 0.275 e. The van der Waals surface area contributed by atoms with Gasteiger partial charge in [-0.2, -0.15) is 0 Å². The molecule has 1 atom stereocenters. The summed E-state index contributed by atoms with van der Waals surface area (Å²) in [6.45, 7) is 6.14. The second-order valence-electron chi connectivity index (χ2n) is 5.05. The molecule has 0 bridgehead atoms. The lowest BCUT2D eigenvalue weighted by Crippen LogP contribution is -2.35. The number of halogens is 3. The van der Waals surface area contributed by atoms with Crippen LogP contribution >= 0.6 is 0 Å². The highest BCUT2D eigenvalue weighted by Crippen LogP contribution is 2.26. The Bertz CT molecular complexity index is 400. The molecular formula is C14H19F3O. The molecule has 0 N–H and O–H groups in total. The fraction of sp³-hybridized carbons (Fsp3) is 0.571. The Labute approximate surface area is 106 Å². The Hall–Kier alpha value is -1.19. The van der Waals surface area contributed by atoms with Crippen LogP contribution in [0.5, 0.6) is 5.75 Å². The first kappa shape index (κ1) is 14.9. The first-order valence-corrected chi connectivity index (χ1v) is 5.94. The Morgan fingerprint density at radius 3 is 2.33 bits per heavy atom. The second-order valence-corrected chi connectivity index (χ2v) is 5.05. The second kappa shape index (κ2) is 5.63. The molecule has 0 aromatic heterocycles. The lowest BCUT2D eigenvalue weighted by atomic mass is 10.0. The summed E-state index contributed by atoms with van der Waals surface area (Å²) in [5, 5.41) is 0. The average Bonchev–Trinajstić information content (AvgIpc) is 2.26. The third kappa shape index (κ3) is 3.65. The van der Waals surface area contributed by atoms with Gasteiger partial charge in [-0.05, 0) is 37.0 Å². The zero-order valence-electron chi connectivity index (χ0n) is 11.1. The van der Waals surface area contributed by atoms with Crippen LogP contribution in [0.3, 0.4) is 0 Å². The molecule has 1 aromatic carbocycles. The molecule has 0 saturated carbocycles. The van der Waals surface area contributed by atoms with Gasteiger partial charge in [-0.3, -0.25) is 0 Å². The maximum absolute atomic E-state index is 13.4. The van der Waals surface area contributed by atoms with Crippen molar-refractivity contribution in [2.75, 3.05) is 6.61 Å². The minimum absolute atomic E-state index is 0.380. The summed E-state index contributed by atoms with van der Waals surface area (Å²) in [6.07, 6.45) is -3.05. The van der Waals surface area contributed by atoms with Crippen molar-refractivity contribution in [3.05, 3.63) is 29.3 Å². The molecule has 1 unspecified atom stereocenters. The molecule has 1 rings (SSSR count). The van der Waals surface area contributed by atoms with Gasteiger partial charge in [0.25, 0.3) is 6.43 Å². The van der Waals surface area contributed by atoms with Gasteiger partial charge in [0, 0.05) is 0 Å². The van der Waals surface area contributed by atoms with Gasteiger partial charge >= 0.3 is 0 Å². The summed E-state index contributed by atoms with van der Waals surface area (Å²) in [6, 6.07) is 5.50. The van der Waals surface area contributed by atoms with E-state index in [0.29, 0.717) is 11.7 Å². The van der Waals surface area contributed by atoms with E-state index in [1.807, 2.05) is 19.1 Å². The lowest BCUT2D eigenvalue weighted by Gasteiger charge is -2.20. The summed E-state index contributed by atoms with van der Waals surface area (Å²) in [5.74, 6) is 0.828. The molecular weight excluding hydrogens is 241 g/mol. The number of rotatable bonds is 5. The molecule has 0 amide bonds. The quantitative estimate of drug-likeness (QED) is 0.758. The van der Waals surface area contributed by atoms with Crippen molar-refractivity contribution in [2.45, 2.75) is 45.7 Å². The summed E-state index contributed by atoms with van der Waals surface area (Å²) >= 11 is 0. The molecule has 0 radical (unpaired) electrons. The number of benzene rings is 1. The maximum Gasteiger partial charge on any atom is 0.275 e. The van der Waals surface area contributed by atoms with Crippen molar-refractivity contribution in [2.24, 2.45) is 0 Å². The van der Waals surface area contributed by atoms with Gasteiger partial charge in [-0.15, -0.1) is 0 Å². The van der Waals surface area contributed by atoms with Gasteiger partial charge in [0.2, 0.25) is 5.67 Å². The van der Waals surface area contributed by atoms with Crippen molar-refractivity contribution in [3.8, 4) is 5.75 Å². The molecule has 0 aliphatic rings. The third-order valence-electron chi connectivity index (χ3n) is 2.83. The molecule has 1 nitrogen and oxygen atoms in total. The molecule has 18 heavy (non-hydrogen) atoms. The van der Waals surface area contributed by atoms with Crippen LogP contribution in [0, 0.1) is 6.92 Å². The molecule has 0 aliphatic heterocycles. The normalized spacial score (nSPS) is 14.9. The minimum Gasteiger partial charge on any atom is -0.490 e. The van der Waals surface area contributed by atoms with E-state index in [4.69, 9.17) is 4.74 Å². The highest BCUT2D eigenvalue weighted by molar-refractivity contribution is 5.37. The van der Waals surface area contributed by atoms with Crippen molar-refractivity contribution in [1.82, 2.24) is 0 Å². The topological polar surface area (TPSA) is 9.23 Å². The van der Waals surface area contributed by atoms with Gasteiger partial charge in [0.15, 0.2) is 0 Å². The van der Waals surface area contributed by atoms with E-state index < -0.39 is 18.7 Å². The zero-order chi connectivity index (χ0) is 13.9. The average molecular weight is 260 g/mol. The van der Waals surface area contributed by atoms with Gasteiger partial charge in [-0.25, -0.2) is 13.2 Å². The van der Waals surface area contributed by atoms with Crippen molar-refractivity contribution in [3.63, 3.8) is 0 Å². The summed E-state index contributed by atoms with van der Waals surface area (Å²) in [7, 11) is 0. The first-order valence-electron chi connectivity index (χ1n) is 5.94. The molecule has 0 heterocycles. The highest BCUT2D eigenvalue weighted by atomic mass is 19.3. The number of alkyl halides is 3. The molecule has 1 aromatic rings. The van der Waals surface area contributed by atoms with Crippen molar-refractivity contribution >= 4 is 0 Å². The predicted molar refractivity (Wildman–Crippen MR) is 66.3 cm³/mol. The van der Waals surface area contributed by atoms with Crippen LogP contribution in [-0.2, 0) is 0 Å². The molecule has 0 saturated heterocycles. The number of hydrogen-bond acceptors (Lipinski definition) is 1. The van der Waals surface area contributed by atoms with Crippen LogP contribution in [-0.4, -0.2) is 18.7 Å². The van der Waals surface area contributed by atoms with Gasteiger partial charge in [0.1, 0.15) is 12.4 Å². The largest absolute Gasteiger partial charge is 0.490 e. The zero-order valence-corrected chi connectivity index (χ0v) is 11.1. The van der Waals surface area contributed by atoms with Crippen LogP contribution in [0.15, 0.2) is 18.2 Å². The third-order valence-corrected chi connectivity index (χ3v) is 2.83. The molecule has 0 spiro atoms. The van der Waals surface area contributed by atoms with Crippen LogP contribution < -0.4 is 4.74 Å². The number of aryl methyl sites for hydroxylation is 1. The Kier molecular flexibility index (Phi) is 4.65. The standard InChI is InChI=1S/C14H19F3O/c1-9(2)11-5-6-12(10(3)7-11)18-8-14(4,17)13(15)16/h5-7,9,13H,8H2,1-4H3. The van der Waals surface area contributed by atoms with Gasteiger partial charge in [0.05, 0.1) is 0 Å². The van der Waals surface area contributed by atoms with E-state index in [2.05, 4.69) is 13.8 Å². The van der Waals surface area contributed by atoms with Crippen LogP contribution in [0.2, 0.25) is 0 Å². The lowest BCUT2D eigenvalue weighted by molar-refractivity contribution is -0.0484. The monoisotopic (exact) mass is 260 g/mol. The summed E-state index contributed by atoms with van der Waals surface area (Å²) in [4.78, 5) is 0. The molecule has 0 aliphatic carbocycles. The Balaban J connectivity index is 2.75. The summed E-state index contributed by atoms with van der Waals surface area (Å²) in [5.41, 5.74) is -0.661. The Morgan fingerprint density at radius 1 is 1.28 bits per heavy atom. The molecule has 4 heteroatoms. The van der Waals surface area contributed by atoms with Crippen LogP contribution in [0.25, 0.3) is 0 Å². The maximum atomic E-state index is 13.4. The van der Waals surface area contributed by atoms with Crippen molar-refractivity contribution in [1.29, 1.82) is 0 Å². The molecule has 0 fully saturated rings. The fourth-order valence-corrected chi connectivity index (χ4v) is 1.48. The number of hydrogen-bond donors (Lipinski definition) is 0. The van der Waals surface area contributed by atoms with Crippen molar-refractivity contribution < 1.29 is 17.9 Å². The van der Waals surface area contributed by atoms with E-state index in [1.54, 1.807) is 6.07 Å². The highest BCUT2D eigenvalue weighted by Gasteiger charge is 2.36. The van der Waals surface area contributed by atoms with E-state index >= 15 is 0 Å². The SMILES string of the molecule is Cc1cc(C(C)C)ccc1OCC(C)(F)C(F)F. The van der Waals surface area contributed by atoms with Crippen LogP contribution in [0.4, 0.5) is 13.2 Å². The van der Waals surface area contributed by atoms with E-state index in [9.17, 15) is 13.2 Å². The number of ether oxygens (including phenoxy) is 1. The van der Waals surface area contributed by atoms with E-state index in [-0.39, 0.29) is 0 Å². The summed E-state index contributed by atoms with van der Waals surface area (Å²) < 4.78 is 43.2. The fourth-order valence-electron chi connectivity index (χ4n) is 1.48. The van der Waals surface area contributed by atoms with Crippen LogP contribution in [0.1, 0.15) is 37.8 Å².